The van der Waals surface area contributed by atoms with E-state index in [1.54, 1.807) is 17.2 Å². The second-order valence-corrected chi connectivity index (χ2v) is 5.57. The van der Waals surface area contributed by atoms with Crippen molar-refractivity contribution in [2.45, 2.75) is 45.1 Å². The van der Waals surface area contributed by atoms with Crippen LogP contribution in [0, 0.1) is 5.92 Å². The number of hydrogen-bond donors (Lipinski definition) is 1. The second kappa shape index (κ2) is 6.07. The van der Waals surface area contributed by atoms with E-state index in [4.69, 9.17) is 0 Å². The van der Waals surface area contributed by atoms with E-state index in [1.807, 2.05) is 0 Å². The highest BCUT2D eigenvalue weighted by molar-refractivity contribution is 5.48. The minimum atomic E-state index is 0.627. The molecule has 4 nitrogen and oxygen atoms in total. The summed E-state index contributed by atoms with van der Waals surface area (Å²) < 4.78 is 0. The molecule has 1 saturated carbocycles. The molecule has 0 aliphatic heterocycles. The van der Waals surface area contributed by atoms with E-state index >= 15 is 0 Å². The molecule has 1 aromatic carbocycles. The van der Waals surface area contributed by atoms with E-state index in [-0.39, 0.29) is 0 Å². The predicted octanol–water partition coefficient (Wildman–Crippen LogP) is 3.65. The minimum absolute atomic E-state index is 0.627. The lowest BCUT2D eigenvalue weighted by atomic mass is 9.83. The quantitative estimate of drug-likeness (QED) is 0.922. The highest BCUT2D eigenvalue weighted by atomic mass is 15.5. The lowest BCUT2D eigenvalue weighted by molar-refractivity contribution is 0.317. The molecule has 2 atom stereocenters. The summed E-state index contributed by atoms with van der Waals surface area (Å²) in [6.07, 6.45) is 10.1. The van der Waals surface area contributed by atoms with Gasteiger partial charge < -0.3 is 5.32 Å². The molecule has 0 spiro atoms. The first-order chi connectivity index (χ1) is 9.86. The zero-order valence-corrected chi connectivity index (χ0v) is 12.0. The van der Waals surface area contributed by atoms with Gasteiger partial charge in [-0.05, 0) is 43.0 Å². The Hall–Kier alpha value is -1.84. The maximum absolute atomic E-state index is 4.14. The van der Waals surface area contributed by atoms with Gasteiger partial charge in [0.2, 0.25) is 0 Å². The van der Waals surface area contributed by atoms with Crippen LogP contribution in [0.3, 0.4) is 0 Å². The van der Waals surface area contributed by atoms with Crippen molar-refractivity contribution in [3.63, 3.8) is 0 Å². The summed E-state index contributed by atoms with van der Waals surface area (Å²) in [7, 11) is 0. The van der Waals surface area contributed by atoms with Crippen molar-refractivity contribution < 1.29 is 0 Å². The topological polar surface area (TPSA) is 42.7 Å². The zero-order valence-electron chi connectivity index (χ0n) is 12.0. The smallest absolute Gasteiger partial charge is 0.0858 e. The number of nitrogens with one attached hydrogen (secondary N) is 1. The lowest BCUT2D eigenvalue weighted by Crippen LogP contribution is -2.31. The van der Waals surface area contributed by atoms with Crippen LogP contribution in [0.2, 0.25) is 0 Å². The second-order valence-electron chi connectivity index (χ2n) is 5.57. The van der Waals surface area contributed by atoms with E-state index in [9.17, 15) is 0 Å². The third kappa shape index (κ3) is 2.84. The van der Waals surface area contributed by atoms with Crippen LogP contribution < -0.4 is 5.32 Å². The summed E-state index contributed by atoms with van der Waals surface area (Å²) in [5, 5.41) is 12.0. The highest BCUT2D eigenvalue weighted by Gasteiger charge is 2.23. The third-order valence-corrected chi connectivity index (χ3v) is 4.30. The number of anilines is 1. The Labute approximate surface area is 120 Å². The summed E-state index contributed by atoms with van der Waals surface area (Å²) in [4.78, 5) is 1.64. The Balaban J connectivity index is 1.68. The molecule has 3 rings (SSSR count). The normalized spacial score (nSPS) is 22.6. The lowest BCUT2D eigenvalue weighted by Gasteiger charge is -2.32. The van der Waals surface area contributed by atoms with Gasteiger partial charge in [-0.1, -0.05) is 26.2 Å². The van der Waals surface area contributed by atoms with Crippen molar-refractivity contribution in [3.05, 3.63) is 36.7 Å². The van der Waals surface area contributed by atoms with Gasteiger partial charge in [-0.3, -0.25) is 0 Å². The number of aromatic nitrogens is 3. The molecule has 1 aromatic heterocycles. The predicted molar refractivity (Wildman–Crippen MR) is 81.0 cm³/mol. The standard InChI is InChI=1S/C16H22N4/c1-2-13-5-3-4-6-16(13)19-14-7-9-15(10-8-14)20-17-11-12-18-20/h7-13,16,19H,2-6H2,1H3. The van der Waals surface area contributed by atoms with Gasteiger partial charge >= 0.3 is 0 Å². The van der Waals surface area contributed by atoms with Crippen LogP contribution in [-0.2, 0) is 0 Å². The highest BCUT2D eigenvalue weighted by Crippen LogP contribution is 2.29. The first-order valence-corrected chi connectivity index (χ1v) is 7.60. The molecule has 20 heavy (non-hydrogen) atoms. The molecule has 106 valence electrons. The third-order valence-electron chi connectivity index (χ3n) is 4.30. The largest absolute Gasteiger partial charge is 0.382 e. The zero-order chi connectivity index (χ0) is 13.8. The summed E-state index contributed by atoms with van der Waals surface area (Å²) >= 11 is 0. The van der Waals surface area contributed by atoms with Crippen LogP contribution in [0.1, 0.15) is 39.0 Å². The van der Waals surface area contributed by atoms with Crippen molar-refractivity contribution in [3.8, 4) is 5.69 Å². The van der Waals surface area contributed by atoms with Gasteiger partial charge in [0.15, 0.2) is 0 Å². The minimum Gasteiger partial charge on any atom is -0.382 e. The van der Waals surface area contributed by atoms with Crippen molar-refractivity contribution >= 4 is 5.69 Å². The average molecular weight is 270 g/mol. The van der Waals surface area contributed by atoms with Gasteiger partial charge in [0.1, 0.15) is 0 Å². The van der Waals surface area contributed by atoms with Gasteiger partial charge in [-0.25, -0.2) is 0 Å². The fourth-order valence-corrected chi connectivity index (χ4v) is 3.14. The molecule has 0 bridgehead atoms. The molecule has 1 heterocycles. The van der Waals surface area contributed by atoms with E-state index < -0.39 is 0 Å². The first kappa shape index (κ1) is 13.2. The van der Waals surface area contributed by atoms with Crippen LogP contribution >= 0.6 is 0 Å². The van der Waals surface area contributed by atoms with Crippen LogP contribution in [0.25, 0.3) is 5.69 Å². The van der Waals surface area contributed by atoms with Crippen molar-refractivity contribution in [1.82, 2.24) is 15.0 Å². The molecule has 4 heteroatoms. The Morgan fingerprint density at radius 1 is 1.10 bits per heavy atom. The summed E-state index contributed by atoms with van der Waals surface area (Å²) in [5.74, 6) is 0.816. The fourth-order valence-electron chi connectivity index (χ4n) is 3.14. The molecule has 0 radical (unpaired) electrons. The molecular weight excluding hydrogens is 248 g/mol. The molecule has 0 saturated heterocycles. The van der Waals surface area contributed by atoms with Crippen LogP contribution in [0.5, 0.6) is 0 Å². The Bertz CT molecular complexity index is 518. The average Bonchev–Trinajstić information content (AvgIpc) is 3.03. The van der Waals surface area contributed by atoms with E-state index in [1.165, 1.54) is 37.8 Å². The number of rotatable bonds is 4. The monoisotopic (exact) mass is 270 g/mol. The number of hydrogen-bond acceptors (Lipinski definition) is 3. The molecular formula is C16H22N4. The van der Waals surface area contributed by atoms with Gasteiger partial charge in [0, 0.05) is 11.7 Å². The van der Waals surface area contributed by atoms with Crippen LogP contribution in [0.15, 0.2) is 36.7 Å². The van der Waals surface area contributed by atoms with Crippen LogP contribution in [0.4, 0.5) is 5.69 Å². The van der Waals surface area contributed by atoms with Crippen LogP contribution in [-0.4, -0.2) is 21.0 Å². The Morgan fingerprint density at radius 2 is 1.80 bits per heavy atom. The first-order valence-electron chi connectivity index (χ1n) is 7.60. The maximum Gasteiger partial charge on any atom is 0.0858 e. The van der Waals surface area contributed by atoms with E-state index in [0.717, 1.165) is 11.6 Å². The number of benzene rings is 1. The van der Waals surface area contributed by atoms with Gasteiger partial charge in [0.25, 0.3) is 0 Å². The van der Waals surface area contributed by atoms with E-state index in [0.29, 0.717) is 6.04 Å². The SMILES string of the molecule is CCC1CCCCC1Nc1ccc(-n2nccn2)cc1. The van der Waals surface area contributed by atoms with Gasteiger partial charge in [-0.2, -0.15) is 15.0 Å². The summed E-state index contributed by atoms with van der Waals surface area (Å²) in [6, 6.07) is 9.00. The molecule has 1 aliphatic carbocycles. The number of nitrogens with zero attached hydrogens (tertiary/aromatic N) is 3. The van der Waals surface area contributed by atoms with E-state index in [2.05, 4.69) is 46.7 Å². The van der Waals surface area contributed by atoms with Gasteiger partial charge in [-0.15, -0.1) is 0 Å². The molecule has 1 fully saturated rings. The molecule has 2 unspecified atom stereocenters. The fraction of sp³-hybridized carbons (Fsp3) is 0.500. The summed E-state index contributed by atoms with van der Waals surface area (Å²) in [6.45, 7) is 2.30. The molecule has 1 N–H and O–H groups in total. The Morgan fingerprint density at radius 3 is 2.50 bits per heavy atom. The van der Waals surface area contributed by atoms with Crippen molar-refractivity contribution in [2.24, 2.45) is 5.92 Å². The van der Waals surface area contributed by atoms with Crippen molar-refractivity contribution in [1.29, 1.82) is 0 Å². The Kier molecular flexibility index (Phi) is 4.00. The molecule has 2 aromatic rings. The molecule has 1 aliphatic rings. The summed E-state index contributed by atoms with van der Waals surface area (Å²) in [5.41, 5.74) is 2.20. The maximum atomic E-state index is 4.14. The molecule has 0 amide bonds. The van der Waals surface area contributed by atoms with Gasteiger partial charge in [0.05, 0.1) is 18.1 Å². The van der Waals surface area contributed by atoms with Crippen molar-refractivity contribution in [2.75, 3.05) is 5.32 Å².